The minimum absolute atomic E-state index is 0.568. The molecule has 1 atom stereocenters. The maximum Gasteiger partial charge on any atom is 0.122 e. The molecule has 1 aliphatic heterocycles. The van der Waals surface area contributed by atoms with E-state index in [9.17, 15) is 0 Å². The summed E-state index contributed by atoms with van der Waals surface area (Å²) in [5.41, 5.74) is 8.47. The van der Waals surface area contributed by atoms with Gasteiger partial charge in [0.1, 0.15) is 12.4 Å². The molecule has 0 amide bonds. The fourth-order valence-corrected chi connectivity index (χ4v) is 6.10. The zero-order valence-electron chi connectivity index (χ0n) is 20.1. The van der Waals surface area contributed by atoms with Gasteiger partial charge in [-0.15, -0.1) is 0 Å². The smallest absolute Gasteiger partial charge is 0.122 e. The molecule has 0 aromatic heterocycles. The van der Waals surface area contributed by atoms with Gasteiger partial charge in [0.05, 0.1) is 13.2 Å². The highest BCUT2D eigenvalue weighted by Gasteiger charge is 2.26. The summed E-state index contributed by atoms with van der Waals surface area (Å²) in [6, 6.07) is 7.54. The molecule has 1 saturated carbocycles. The number of benzene rings is 1. The number of nitrogens with zero attached hydrogens (tertiary/aromatic N) is 2. The molecule has 0 radical (unpaired) electrons. The lowest BCUT2D eigenvalue weighted by Gasteiger charge is -2.41. The number of piperazine rings is 1. The summed E-state index contributed by atoms with van der Waals surface area (Å²) < 4.78 is 11.5. The van der Waals surface area contributed by atoms with Crippen molar-refractivity contribution in [1.82, 2.24) is 9.80 Å². The fraction of sp³-hybridized carbons (Fsp3) is 0.778. The monoisotopic (exact) mass is 443 g/mol. The van der Waals surface area contributed by atoms with E-state index in [0.29, 0.717) is 32.3 Å². The van der Waals surface area contributed by atoms with Crippen molar-refractivity contribution in [2.75, 3.05) is 59.1 Å². The van der Waals surface area contributed by atoms with Gasteiger partial charge in [-0.2, -0.15) is 0 Å². The third-order valence-corrected chi connectivity index (χ3v) is 7.86. The second-order valence-electron chi connectivity index (χ2n) is 9.97. The Bertz CT molecular complexity index is 669. The van der Waals surface area contributed by atoms with Crippen LogP contribution in [0.15, 0.2) is 18.2 Å². The van der Waals surface area contributed by atoms with Crippen LogP contribution in [-0.2, 0) is 11.2 Å². The van der Waals surface area contributed by atoms with E-state index in [0.717, 1.165) is 18.2 Å². The van der Waals surface area contributed by atoms with Gasteiger partial charge in [-0.05, 0) is 74.6 Å². The summed E-state index contributed by atoms with van der Waals surface area (Å²) in [5.74, 6) is 1.77. The molecule has 0 bridgehead atoms. The summed E-state index contributed by atoms with van der Waals surface area (Å²) in [6.07, 6.45) is 13.6. The first-order chi connectivity index (χ1) is 15.8. The first-order valence-corrected chi connectivity index (χ1v) is 13.3. The molecule has 5 heteroatoms. The minimum atomic E-state index is 0.568. The zero-order chi connectivity index (χ0) is 22.0. The second kappa shape index (κ2) is 12.9. The number of fused-ring (bicyclic) bond motifs is 1. The molecule has 1 unspecified atom stereocenters. The molecule has 1 heterocycles. The maximum absolute atomic E-state index is 6.08. The number of hydrogen-bond donors (Lipinski definition) is 1. The van der Waals surface area contributed by atoms with Crippen LogP contribution in [0.5, 0.6) is 5.75 Å². The number of ether oxygens (including phenoxy) is 2. The minimum Gasteiger partial charge on any atom is -0.491 e. The van der Waals surface area contributed by atoms with Crippen molar-refractivity contribution in [2.45, 2.75) is 76.2 Å². The summed E-state index contributed by atoms with van der Waals surface area (Å²) in [7, 11) is 0. The molecule has 2 N–H and O–H groups in total. The Morgan fingerprint density at radius 1 is 0.906 bits per heavy atom. The third kappa shape index (κ3) is 6.69. The highest BCUT2D eigenvalue weighted by Crippen LogP contribution is 2.39. The quantitative estimate of drug-likeness (QED) is 0.520. The average Bonchev–Trinajstić information content (AvgIpc) is 2.85. The summed E-state index contributed by atoms with van der Waals surface area (Å²) in [6.45, 7) is 8.75. The van der Waals surface area contributed by atoms with E-state index in [1.165, 1.54) is 96.1 Å². The molecule has 1 saturated heterocycles. The molecule has 180 valence electrons. The molecular weight excluding hydrogens is 398 g/mol. The van der Waals surface area contributed by atoms with Gasteiger partial charge in [-0.25, -0.2) is 0 Å². The van der Waals surface area contributed by atoms with E-state index in [2.05, 4.69) is 28.0 Å². The lowest BCUT2D eigenvalue weighted by Crippen LogP contribution is -2.50. The molecule has 2 aliphatic carbocycles. The Hall–Kier alpha value is -1.14. The number of hydrogen-bond acceptors (Lipinski definition) is 5. The van der Waals surface area contributed by atoms with Crippen LogP contribution < -0.4 is 10.5 Å². The highest BCUT2D eigenvalue weighted by atomic mass is 16.5. The van der Waals surface area contributed by atoms with Crippen molar-refractivity contribution in [3.8, 4) is 5.75 Å². The predicted octanol–water partition coefficient (Wildman–Crippen LogP) is 4.19. The molecule has 32 heavy (non-hydrogen) atoms. The van der Waals surface area contributed by atoms with Gasteiger partial charge in [-0.3, -0.25) is 4.90 Å². The lowest BCUT2D eigenvalue weighted by molar-refractivity contribution is 0.0778. The van der Waals surface area contributed by atoms with Crippen LogP contribution in [0.4, 0.5) is 0 Å². The molecule has 4 rings (SSSR count). The van der Waals surface area contributed by atoms with Crippen LogP contribution in [0.25, 0.3) is 0 Å². The highest BCUT2D eigenvalue weighted by molar-refractivity contribution is 5.43. The van der Waals surface area contributed by atoms with Gasteiger partial charge in [0.2, 0.25) is 0 Å². The molecule has 0 spiro atoms. The van der Waals surface area contributed by atoms with Crippen molar-refractivity contribution in [1.29, 1.82) is 0 Å². The van der Waals surface area contributed by atoms with Gasteiger partial charge < -0.3 is 20.1 Å². The van der Waals surface area contributed by atoms with Crippen LogP contribution >= 0.6 is 0 Å². The van der Waals surface area contributed by atoms with Gasteiger partial charge in [0, 0.05) is 38.8 Å². The van der Waals surface area contributed by atoms with Crippen LogP contribution in [0.3, 0.4) is 0 Å². The van der Waals surface area contributed by atoms with E-state index in [1.54, 1.807) is 5.56 Å². The largest absolute Gasteiger partial charge is 0.491 e. The Balaban J connectivity index is 1.20. The van der Waals surface area contributed by atoms with Crippen molar-refractivity contribution in [2.24, 2.45) is 5.73 Å². The molecule has 5 nitrogen and oxygen atoms in total. The van der Waals surface area contributed by atoms with Crippen molar-refractivity contribution >= 4 is 0 Å². The first kappa shape index (κ1) is 24.0. The van der Waals surface area contributed by atoms with E-state index in [-0.39, 0.29) is 0 Å². The lowest BCUT2D eigenvalue weighted by atomic mass is 9.80. The standard InChI is InChI=1S/C27H45N3O2/c28-14-20-31-21-22-32-27-13-5-11-25-23(7-4-12-26(25)27)8-6-15-29-16-18-30(19-17-29)24-9-2-1-3-10-24/h5,11,13,23-24H,1-4,6-10,12,14-22,28H2. The predicted molar refractivity (Wildman–Crippen MR) is 132 cm³/mol. The maximum atomic E-state index is 6.08. The number of nitrogens with two attached hydrogens (primary N) is 1. The SMILES string of the molecule is NCCOCCOc1cccc2c1CCCC2CCCN1CCN(C2CCCCC2)CC1. The topological polar surface area (TPSA) is 51.0 Å². The number of rotatable bonds is 11. The summed E-state index contributed by atoms with van der Waals surface area (Å²) in [5, 5.41) is 0. The normalized spacial score (nSPS) is 23.2. The van der Waals surface area contributed by atoms with Crippen LogP contribution in [0, 0.1) is 0 Å². The molecule has 3 aliphatic rings. The molecule has 2 fully saturated rings. The van der Waals surface area contributed by atoms with Crippen LogP contribution in [-0.4, -0.2) is 74.9 Å². The summed E-state index contributed by atoms with van der Waals surface area (Å²) >= 11 is 0. The first-order valence-electron chi connectivity index (χ1n) is 13.3. The Morgan fingerprint density at radius 3 is 2.56 bits per heavy atom. The third-order valence-electron chi connectivity index (χ3n) is 7.86. The Labute approximate surface area is 195 Å². The summed E-state index contributed by atoms with van der Waals surface area (Å²) in [4.78, 5) is 5.50. The van der Waals surface area contributed by atoms with Crippen molar-refractivity contribution in [3.63, 3.8) is 0 Å². The van der Waals surface area contributed by atoms with E-state index in [1.807, 2.05) is 0 Å². The Morgan fingerprint density at radius 2 is 1.75 bits per heavy atom. The van der Waals surface area contributed by atoms with E-state index >= 15 is 0 Å². The average molecular weight is 444 g/mol. The van der Waals surface area contributed by atoms with Gasteiger partial charge >= 0.3 is 0 Å². The van der Waals surface area contributed by atoms with Gasteiger partial charge in [0.15, 0.2) is 0 Å². The van der Waals surface area contributed by atoms with E-state index < -0.39 is 0 Å². The molecule has 1 aromatic rings. The van der Waals surface area contributed by atoms with Crippen molar-refractivity contribution in [3.05, 3.63) is 29.3 Å². The molecule has 1 aromatic carbocycles. The van der Waals surface area contributed by atoms with E-state index in [4.69, 9.17) is 15.2 Å². The Kier molecular flexibility index (Phi) is 9.70. The van der Waals surface area contributed by atoms with Crippen LogP contribution in [0.2, 0.25) is 0 Å². The van der Waals surface area contributed by atoms with Crippen LogP contribution in [0.1, 0.15) is 74.8 Å². The van der Waals surface area contributed by atoms with Gasteiger partial charge in [0.25, 0.3) is 0 Å². The second-order valence-corrected chi connectivity index (χ2v) is 9.97. The molecular formula is C27H45N3O2. The zero-order valence-corrected chi connectivity index (χ0v) is 20.1. The van der Waals surface area contributed by atoms with Crippen molar-refractivity contribution < 1.29 is 9.47 Å². The van der Waals surface area contributed by atoms with Gasteiger partial charge in [-0.1, -0.05) is 31.4 Å². The fourth-order valence-electron chi connectivity index (χ4n) is 6.10.